The second-order valence-electron chi connectivity index (χ2n) is 18.3. The number of hydrogen-bond donors (Lipinski definition) is 0. The molecule has 13 aromatic rings. The molecule has 3 aromatic heterocycles. The summed E-state index contributed by atoms with van der Waals surface area (Å²) in [4.78, 5) is 15.7. The lowest BCUT2D eigenvalue weighted by molar-refractivity contribution is 1.08. The van der Waals surface area contributed by atoms with Crippen molar-refractivity contribution in [1.82, 2.24) is 24.1 Å². The molecule has 0 saturated heterocycles. The van der Waals surface area contributed by atoms with E-state index in [4.69, 9.17) is 15.0 Å². The second-order valence-corrected chi connectivity index (χ2v) is 18.3. The number of nitrogens with zero attached hydrogens (tertiary/aromatic N) is 6. The third kappa shape index (κ3) is 6.71. The molecule has 0 radical (unpaired) electrons. The Morgan fingerprint density at radius 1 is 0.366 bits per heavy atom. The van der Waals surface area contributed by atoms with Crippen LogP contribution in [0.15, 0.2) is 212 Å². The number of fused-ring (bicyclic) bond motifs is 8. The molecule has 0 atom stereocenters. The molecule has 0 fully saturated rings. The van der Waals surface area contributed by atoms with Gasteiger partial charge in [0.25, 0.3) is 0 Å². The van der Waals surface area contributed by atoms with Gasteiger partial charge >= 0.3 is 0 Å². The molecule has 328 valence electrons. The molecule has 13 rings (SSSR count). The molecule has 0 N–H and O–H groups in total. The lowest BCUT2D eigenvalue weighted by Crippen LogP contribution is -2.39. The molecule has 0 spiro atoms. The summed E-state index contributed by atoms with van der Waals surface area (Å²) >= 11 is 0. The van der Waals surface area contributed by atoms with E-state index in [1.54, 1.807) is 0 Å². The molecule has 3 heterocycles. The van der Waals surface area contributed by atoms with Crippen LogP contribution in [0.3, 0.4) is 0 Å². The molecule has 0 unspecified atom stereocenters. The van der Waals surface area contributed by atoms with Gasteiger partial charge in [-0.3, -0.25) is 0 Å². The minimum atomic E-state index is 0.521. The summed E-state index contributed by atoms with van der Waals surface area (Å²) in [7, 11) is 6.33. The third-order valence-electron chi connectivity index (χ3n) is 14.5. The van der Waals surface area contributed by atoms with Crippen LogP contribution in [0.25, 0.3) is 122 Å². The van der Waals surface area contributed by atoms with Gasteiger partial charge in [-0.2, -0.15) is 5.26 Å². The second kappa shape index (κ2) is 16.8. The van der Waals surface area contributed by atoms with E-state index < -0.39 is 0 Å². The summed E-state index contributed by atoms with van der Waals surface area (Å²) < 4.78 is 4.77. The summed E-state index contributed by atoms with van der Waals surface area (Å²) in [6.07, 6.45) is 0. The fourth-order valence-electron chi connectivity index (χ4n) is 10.9. The maximum Gasteiger partial charge on any atom is 0.164 e. The number of nitriles is 1. The van der Waals surface area contributed by atoms with E-state index in [9.17, 15) is 5.26 Å². The predicted molar refractivity (Wildman–Crippen MR) is 302 cm³/mol. The summed E-state index contributed by atoms with van der Waals surface area (Å²) in [6.45, 7) is 0. The van der Waals surface area contributed by atoms with Crippen molar-refractivity contribution in [3.63, 3.8) is 0 Å². The normalized spacial score (nSPS) is 11.5. The van der Waals surface area contributed by atoms with E-state index >= 15 is 0 Å². The first-order chi connectivity index (χ1) is 34.9. The first-order valence-electron chi connectivity index (χ1n) is 24.0. The van der Waals surface area contributed by atoms with E-state index in [-0.39, 0.29) is 0 Å². The summed E-state index contributed by atoms with van der Waals surface area (Å²) in [5, 5.41) is 18.4. The van der Waals surface area contributed by atoms with E-state index in [1.807, 2.05) is 20.0 Å². The van der Waals surface area contributed by atoms with Crippen LogP contribution in [0, 0.1) is 11.3 Å². The number of aromatic nitrogens is 5. The van der Waals surface area contributed by atoms with Gasteiger partial charge in [0.05, 0.1) is 39.0 Å². The Labute approximate surface area is 413 Å². The highest BCUT2D eigenvalue weighted by Crippen LogP contribution is 2.43. The van der Waals surface area contributed by atoms with Crippen molar-refractivity contribution in [3.8, 4) is 73.9 Å². The summed E-state index contributed by atoms with van der Waals surface area (Å²) in [6, 6.07) is 77.2. The minimum absolute atomic E-state index is 0.521. The molecule has 10 aromatic carbocycles. The number of hydrogen-bond acceptors (Lipinski definition) is 4. The smallest absolute Gasteiger partial charge is 0.164 e. The van der Waals surface area contributed by atoms with E-state index in [2.05, 4.69) is 231 Å². The molecule has 0 bridgehead atoms. The van der Waals surface area contributed by atoms with Gasteiger partial charge in [0.1, 0.15) is 29.6 Å². The Kier molecular flexibility index (Phi) is 9.89. The predicted octanol–water partition coefficient (Wildman–Crippen LogP) is 10.2. The van der Waals surface area contributed by atoms with Gasteiger partial charge in [0.2, 0.25) is 0 Å². The maximum atomic E-state index is 11.6. The molecule has 0 aliphatic rings. The summed E-state index contributed by atoms with van der Waals surface area (Å²) in [5.74, 6) is 1.64. The Balaban J connectivity index is 1.05. The average Bonchev–Trinajstić information content (AvgIpc) is 3.95. The zero-order valence-electron chi connectivity index (χ0n) is 39.4. The molecule has 0 amide bonds. The molecule has 71 heavy (non-hydrogen) atoms. The fourth-order valence-corrected chi connectivity index (χ4v) is 10.9. The van der Waals surface area contributed by atoms with Crippen molar-refractivity contribution in [3.05, 3.63) is 218 Å². The molecular formula is C62H41B3N6. The van der Waals surface area contributed by atoms with Gasteiger partial charge in [-0.05, 0) is 51.9 Å². The SMILES string of the molecule is Bc1c(B)c(-n2c3ccccc3c3ccc4c(c5ccccc5n4-c4cccc5ccccc45)c32)c(C#N)c(B)c1-c1nc(-c2ccc(-c3ccccc3)cc2)nc(-c2ccc(-c3ccccc3)cc2)n1. The standard InChI is InChI=1S/C62H41B3N6/c63-55-48(36-66)59(71-50-23-11-9-21-45(50)46-34-35-52-53(58(46)71)47-22-10-12-24-51(47)70(52)49-25-13-19-41-18-7-8-20-44(41)49)57(65)56(64)54(55)62-68-60(42-30-26-39(27-31-42)37-14-3-1-4-15-37)67-61(69-62)43-32-28-40(29-33-43)38-16-5-2-6-17-38/h1-35H,63-65H2. The first kappa shape index (κ1) is 41.9. The van der Waals surface area contributed by atoms with Crippen molar-refractivity contribution in [2.24, 2.45) is 0 Å². The average molecular weight is 902 g/mol. The van der Waals surface area contributed by atoms with Crippen LogP contribution in [0.4, 0.5) is 0 Å². The largest absolute Gasteiger partial charge is 0.309 e. The molecular weight excluding hydrogens is 861 g/mol. The Morgan fingerprint density at radius 2 is 0.859 bits per heavy atom. The summed E-state index contributed by atoms with van der Waals surface area (Å²) in [5.41, 5.74) is 16.7. The van der Waals surface area contributed by atoms with Crippen molar-refractivity contribution in [2.75, 3.05) is 0 Å². The van der Waals surface area contributed by atoms with E-state index in [1.165, 1.54) is 10.8 Å². The molecule has 6 nitrogen and oxygen atoms in total. The maximum absolute atomic E-state index is 11.6. The van der Waals surface area contributed by atoms with Crippen LogP contribution in [-0.2, 0) is 0 Å². The highest BCUT2D eigenvalue weighted by molar-refractivity contribution is 6.56. The topological polar surface area (TPSA) is 72.3 Å². The van der Waals surface area contributed by atoms with Gasteiger partial charge in [-0.1, -0.05) is 204 Å². The highest BCUT2D eigenvalue weighted by atomic mass is 15.0. The highest BCUT2D eigenvalue weighted by Gasteiger charge is 2.27. The Hall–Kier alpha value is -9.25. The van der Waals surface area contributed by atoms with Crippen molar-refractivity contribution < 1.29 is 0 Å². The lowest BCUT2D eigenvalue weighted by atomic mass is 9.69. The van der Waals surface area contributed by atoms with E-state index in [0.29, 0.717) is 23.0 Å². The fraction of sp³-hybridized carbons (Fsp3) is 0. The molecule has 0 aliphatic heterocycles. The molecule has 9 heteroatoms. The Morgan fingerprint density at radius 3 is 1.48 bits per heavy atom. The van der Waals surface area contributed by atoms with Crippen LogP contribution in [0.1, 0.15) is 5.56 Å². The quantitative estimate of drug-likeness (QED) is 0.149. The van der Waals surface area contributed by atoms with Gasteiger partial charge in [-0.15, -0.1) is 0 Å². The first-order valence-corrected chi connectivity index (χ1v) is 24.0. The number of benzene rings is 10. The van der Waals surface area contributed by atoms with E-state index in [0.717, 1.165) is 110 Å². The third-order valence-corrected chi connectivity index (χ3v) is 14.5. The molecule has 0 aliphatic carbocycles. The van der Waals surface area contributed by atoms with Gasteiger partial charge in [0.15, 0.2) is 17.5 Å². The van der Waals surface area contributed by atoms with Crippen LogP contribution in [-0.4, -0.2) is 47.6 Å². The van der Waals surface area contributed by atoms with Crippen LogP contribution in [0.2, 0.25) is 0 Å². The van der Waals surface area contributed by atoms with Crippen LogP contribution < -0.4 is 16.4 Å². The zero-order chi connectivity index (χ0) is 47.7. The Bertz CT molecular complexity index is 4200. The van der Waals surface area contributed by atoms with Crippen LogP contribution >= 0.6 is 0 Å². The number of rotatable bonds is 7. The number of para-hydroxylation sites is 2. The van der Waals surface area contributed by atoms with Crippen molar-refractivity contribution >= 4 is 94.3 Å². The van der Waals surface area contributed by atoms with Crippen molar-refractivity contribution in [2.45, 2.75) is 0 Å². The molecule has 0 saturated carbocycles. The lowest BCUT2D eigenvalue weighted by Gasteiger charge is -2.22. The van der Waals surface area contributed by atoms with Crippen molar-refractivity contribution in [1.29, 1.82) is 5.26 Å². The zero-order valence-corrected chi connectivity index (χ0v) is 39.4. The van der Waals surface area contributed by atoms with Gasteiger partial charge in [0, 0.05) is 43.6 Å². The minimum Gasteiger partial charge on any atom is -0.309 e. The monoisotopic (exact) mass is 902 g/mol. The van der Waals surface area contributed by atoms with Gasteiger partial charge in [-0.25, -0.2) is 15.0 Å². The van der Waals surface area contributed by atoms with Crippen LogP contribution in [0.5, 0.6) is 0 Å². The van der Waals surface area contributed by atoms with Gasteiger partial charge < -0.3 is 9.13 Å².